The third-order valence-corrected chi connectivity index (χ3v) is 5.64. The molecule has 0 radical (unpaired) electrons. The molecule has 6 nitrogen and oxygen atoms in total. The molecule has 0 bridgehead atoms. The minimum Gasteiger partial charge on any atom is -0.444 e. The van der Waals surface area contributed by atoms with Crippen LogP contribution in [0.25, 0.3) is 10.8 Å². The molecule has 3 aromatic rings. The molecule has 2 amide bonds. The van der Waals surface area contributed by atoms with Crippen LogP contribution in [0.4, 0.5) is 10.5 Å². The molecule has 32 heavy (non-hydrogen) atoms. The zero-order chi connectivity index (χ0) is 22.8. The number of hydrogen-bond acceptors (Lipinski definition) is 4. The van der Waals surface area contributed by atoms with Gasteiger partial charge in [0.1, 0.15) is 5.60 Å². The number of amides is 2. The number of anilines is 1. The van der Waals surface area contributed by atoms with E-state index in [1.165, 1.54) is 0 Å². The Kier molecular flexibility index (Phi) is 5.87. The molecular weight excluding hydrogens is 402 g/mol. The number of benzene rings is 2. The predicted molar refractivity (Wildman–Crippen MR) is 126 cm³/mol. The van der Waals surface area contributed by atoms with Crippen LogP contribution in [0.2, 0.25) is 0 Å². The summed E-state index contributed by atoms with van der Waals surface area (Å²) in [6.07, 6.45) is 5.26. The number of carbonyl (C=O) groups is 2. The molecule has 1 saturated carbocycles. The summed E-state index contributed by atoms with van der Waals surface area (Å²) in [4.78, 5) is 29.9. The number of aromatic nitrogens is 1. The van der Waals surface area contributed by atoms with Crippen LogP contribution in [-0.2, 0) is 9.53 Å². The van der Waals surface area contributed by atoms with Crippen molar-refractivity contribution < 1.29 is 14.3 Å². The maximum Gasteiger partial charge on any atom is 0.408 e. The number of rotatable bonds is 6. The first-order valence-corrected chi connectivity index (χ1v) is 10.9. The quantitative estimate of drug-likeness (QED) is 0.547. The smallest absolute Gasteiger partial charge is 0.408 e. The van der Waals surface area contributed by atoms with Crippen molar-refractivity contribution >= 4 is 28.5 Å². The fourth-order valence-electron chi connectivity index (χ4n) is 3.88. The lowest BCUT2D eigenvalue weighted by Gasteiger charge is -2.26. The van der Waals surface area contributed by atoms with Gasteiger partial charge in [0.05, 0.1) is 5.92 Å². The molecule has 2 N–H and O–H groups in total. The second kappa shape index (κ2) is 8.61. The van der Waals surface area contributed by atoms with Gasteiger partial charge in [0.2, 0.25) is 5.91 Å². The van der Waals surface area contributed by atoms with E-state index in [0.29, 0.717) is 6.42 Å². The summed E-state index contributed by atoms with van der Waals surface area (Å²) in [5, 5.41) is 8.12. The Labute approximate surface area is 188 Å². The maximum atomic E-state index is 13.4. The van der Waals surface area contributed by atoms with E-state index in [-0.39, 0.29) is 5.91 Å². The van der Waals surface area contributed by atoms with E-state index < -0.39 is 23.2 Å². The van der Waals surface area contributed by atoms with Crippen LogP contribution in [0, 0.1) is 0 Å². The molecule has 1 atom stereocenters. The van der Waals surface area contributed by atoms with Crippen molar-refractivity contribution in [1.82, 2.24) is 10.3 Å². The maximum absolute atomic E-state index is 13.4. The Morgan fingerprint density at radius 3 is 2.50 bits per heavy atom. The number of carbonyl (C=O) groups excluding carboxylic acids is 2. The van der Waals surface area contributed by atoms with Crippen molar-refractivity contribution in [1.29, 1.82) is 0 Å². The van der Waals surface area contributed by atoms with Crippen LogP contribution in [-0.4, -0.2) is 28.1 Å². The van der Waals surface area contributed by atoms with Gasteiger partial charge in [-0.2, -0.15) is 0 Å². The Bertz CT molecular complexity index is 1120. The van der Waals surface area contributed by atoms with Crippen LogP contribution in [0.5, 0.6) is 0 Å². The van der Waals surface area contributed by atoms with E-state index in [1.54, 1.807) is 12.4 Å². The average molecular weight is 432 g/mol. The Balaban J connectivity index is 1.53. The van der Waals surface area contributed by atoms with E-state index in [0.717, 1.165) is 34.9 Å². The number of pyridine rings is 1. The Morgan fingerprint density at radius 1 is 1.06 bits per heavy atom. The molecule has 2 aromatic carbocycles. The van der Waals surface area contributed by atoms with Crippen molar-refractivity contribution in [2.75, 3.05) is 5.32 Å². The highest BCUT2D eigenvalue weighted by atomic mass is 16.6. The van der Waals surface area contributed by atoms with Crippen LogP contribution < -0.4 is 10.6 Å². The summed E-state index contributed by atoms with van der Waals surface area (Å²) in [5.74, 6) is -0.497. The van der Waals surface area contributed by atoms with Crippen molar-refractivity contribution in [2.24, 2.45) is 0 Å². The fraction of sp³-hybridized carbons (Fsp3) is 0.346. The summed E-state index contributed by atoms with van der Waals surface area (Å²) >= 11 is 0. The van der Waals surface area contributed by atoms with E-state index in [1.807, 2.05) is 75.4 Å². The average Bonchev–Trinajstić information content (AvgIpc) is 3.50. The van der Waals surface area contributed by atoms with Crippen molar-refractivity contribution in [3.8, 4) is 0 Å². The van der Waals surface area contributed by atoms with Crippen molar-refractivity contribution in [3.05, 3.63) is 72.6 Å². The molecule has 0 saturated heterocycles. The highest BCUT2D eigenvalue weighted by molar-refractivity contribution is 5.98. The van der Waals surface area contributed by atoms with E-state index >= 15 is 0 Å². The Hall–Kier alpha value is -3.41. The molecule has 0 spiro atoms. The monoisotopic (exact) mass is 431 g/mol. The largest absolute Gasteiger partial charge is 0.444 e. The SMILES string of the molecule is CC(C)(C)OC(=O)NC1(CC(C(=O)Nc2ccc3cnccc3c2)c2ccccc2)CC1. The molecule has 1 fully saturated rings. The minimum atomic E-state index is -0.567. The number of nitrogens with zero attached hydrogens (tertiary/aromatic N) is 1. The van der Waals surface area contributed by atoms with Crippen molar-refractivity contribution in [3.63, 3.8) is 0 Å². The van der Waals surface area contributed by atoms with Crippen LogP contribution in [0.15, 0.2) is 67.0 Å². The van der Waals surface area contributed by atoms with Crippen LogP contribution in [0.1, 0.15) is 51.5 Å². The number of ether oxygens (including phenoxy) is 1. The van der Waals surface area contributed by atoms with Gasteiger partial charge in [0.25, 0.3) is 0 Å². The Morgan fingerprint density at radius 2 is 1.81 bits per heavy atom. The molecule has 0 aliphatic heterocycles. The minimum absolute atomic E-state index is 0.0955. The molecule has 4 rings (SSSR count). The molecule has 6 heteroatoms. The van der Waals surface area contributed by atoms with E-state index in [4.69, 9.17) is 4.74 Å². The van der Waals surface area contributed by atoms with Gasteiger partial charge in [-0.3, -0.25) is 9.78 Å². The van der Waals surface area contributed by atoms with Gasteiger partial charge < -0.3 is 15.4 Å². The predicted octanol–water partition coefficient (Wildman–Crippen LogP) is 5.40. The lowest BCUT2D eigenvalue weighted by atomic mass is 9.90. The first-order chi connectivity index (χ1) is 15.2. The van der Waals surface area contributed by atoms with Gasteiger partial charge >= 0.3 is 6.09 Å². The summed E-state index contributed by atoms with van der Waals surface area (Å²) in [6, 6.07) is 17.4. The van der Waals surface area contributed by atoms with Crippen LogP contribution >= 0.6 is 0 Å². The second-order valence-electron chi connectivity index (χ2n) is 9.50. The summed E-state index contributed by atoms with van der Waals surface area (Å²) in [6.45, 7) is 5.52. The third kappa shape index (κ3) is 5.44. The highest BCUT2D eigenvalue weighted by Crippen LogP contribution is 2.44. The summed E-state index contributed by atoms with van der Waals surface area (Å²) in [5.41, 5.74) is 0.670. The summed E-state index contributed by atoms with van der Waals surface area (Å²) < 4.78 is 5.44. The normalized spacial score (nSPS) is 15.6. The standard InChI is InChI=1S/C26H29N3O3/c1-25(2,3)32-24(31)29-26(12-13-26)16-22(18-7-5-4-6-8-18)23(30)28-21-10-9-20-17-27-14-11-19(20)15-21/h4-11,14-15,17,22H,12-13,16H2,1-3H3,(H,28,30)(H,29,31). The van der Waals surface area contributed by atoms with Crippen molar-refractivity contribution in [2.45, 2.75) is 57.1 Å². The van der Waals surface area contributed by atoms with Gasteiger partial charge in [0, 0.05) is 29.0 Å². The second-order valence-corrected chi connectivity index (χ2v) is 9.50. The van der Waals surface area contributed by atoms with Gasteiger partial charge in [0.15, 0.2) is 0 Å². The van der Waals surface area contributed by atoms with Gasteiger partial charge in [-0.1, -0.05) is 36.4 Å². The van der Waals surface area contributed by atoms with Crippen LogP contribution in [0.3, 0.4) is 0 Å². The lowest BCUT2D eigenvalue weighted by Crippen LogP contribution is -2.42. The third-order valence-electron chi connectivity index (χ3n) is 5.64. The fourth-order valence-corrected chi connectivity index (χ4v) is 3.88. The van der Waals surface area contributed by atoms with Gasteiger partial charge in [-0.05, 0) is 69.2 Å². The lowest BCUT2D eigenvalue weighted by molar-refractivity contribution is -0.118. The first kappa shape index (κ1) is 21.8. The highest BCUT2D eigenvalue weighted by Gasteiger charge is 2.47. The molecule has 166 valence electrons. The number of alkyl carbamates (subject to hydrolysis) is 1. The molecular formula is C26H29N3O3. The number of hydrogen-bond donors (Lipinski definition) is 2. The molecule has 1 heterocycles. The molecule has 1 aliphatic carbocycles. The zero-order valence-corrected chi connectivity index (χ0v) is 18.7. The number of fused-ring (bicyclic) bond motifs is 1. The van der Waals surface area contributed by atoms with Gasteiger partial charge in [-0.15, -0.1) is 0 Å². The summed E-state index contributed by atoms with van der Waals surface area (Å²) in [7, 11) is 0. The van der Waals surface area contributed by atoms with E-state index in [2.05, 4.69) is 15.6 Å². The topological polar surface area (TPSA) is 80.3 Å². The molecule has 1 aromatic heterocycles. The zero-order valence-electron chi connectivity index (χ0n) is 18.7. The van der Waals surface area contributed by atoms with E-state index in [9.17, 15) is 9.59 Å². The molecule has 1 aliphatic rings. The molecule has 1 unspecified atom stereocenters. The number of nitrogens with one attached hydrogen (secondary N) is 2. The first-order valence-electron chi connectivity index (χ1n) is 10.9. The van der Waals surface area contributed by atoms with Gasteiger partial charge in [-0.25, -0.2) is 4.79 Å².